The van der Waals surface area contributed by atoms with E-state index in [0.29, 0.717) is 11.8 Å². The van der Waals surface area contributed by atoms with Crippen molar-refractivity contribution >= 4 is 11.8 Å². The van der Waals surface area contributed by atoms with Crippen molar-refractivity contribution in [2.75, 3.05) is 0 Å². The first-order valence-electron chi connectivity index (χ1n) is 6.02. The fourth-order valence-electron chi connectivity index (χ4n) is 3.27. The summed E-state index contributed by atoms with van der Waals surface area (Å²) in [6, 6.07) is 0. The number of carbonyl (C=O) groups is 2. The molecule has 1 fully saturated rings. The van der Waals surface area contributed by atoms with Crippen LogP contribution >= 0.6 is 0 Å². The molecule has 3 nitrogen and oxygen atoms in total. The number of Topliss-reactive ketones (excluding diaryl/α,β-unsaturated/α-hetero) is 1. The first kappa shape index (κ1) is 13.2. The number of hydrogen-bond acceptors (Lipinski definition) is 2. The quantitative estimate of drug-likeness (QED) is 0.786. The highest BCUT2D eigenvalue weighted by molar-refractivity contribution is 5.85. The number of carbonyl (C=O) groups excluding carboxylic acids is 1. The van der Waals surface area contributed by atoms with E-state index < -0.39 is 11.9 Å². The van der Waals surface area contributed by atoms with Crippen molar-refractivity contribution in [2.24, 2.45) is 35.5 Å². The molecule has 0 spiro atoms. The Balaban J connectivity index is 3.10. The van der Waals surface area contributed by atoms with Gasteiger partial charge in [-0.3, -0.25) is 9.59 Å². The molecule has 6 unspecified atom stereocenters. The topological polar surface area (TPSA) is 54.4 Å². The standard InChI is InChI=1S/C13H22O3/c1-6-7(2)9(4)12(13(15)16)11(8(6)3)10(5)14/h6-9,11-12H,1-5H3,(H,15,16). The lowest BCUT2D eigenvalue weighted by Crippen LogP contribution is -2.48. The van der Waals surface area contributed by atoms with E-state index in [4.69, 9.17) is 0 Å². The monoisotopic (exact) mass is 226 g/mol. The van der Waals surface area contributed by atoms with Gasteiger partial charge in [-0.05, 0) is 30.6 Å². The maximum absolute atomic E-state index is 11.7. The van der Waals surface area contributed by atoms with Crippen molar-refractivity contribution in [3.8, 4) is 0 Å². The molecule has 0 bridgehead atoms. The first-order chi connectivity index (χ1) is 7.29. The molecule has 1 aliphatic carbocycles. The van der Waals surface area contributed by atoms with Crippen LogP contribution in [0.25, 0.3) is 0 Å². The molecule has 1 N–H and O–H groups in total. The molecular formula is C13H22O3. The normalized spacial score (nSPS) is 44.1. The van der Waals surface area contributed by atoms with Crippen LogP contribution in [0, 0.1) is 35.5 Å². The summed E-state index contributed by atoms with van der Waals surface area (Å²) in [5.74, 6) is -0.658. The van der Waals surface area contributed by atoms with Crippen molar-refractivity contribution in [1.29, 1.82) is 0 Å². The Hall–Kier alpha value is -0.860. The van der Waals surface area contributed by atoms with E-state index in [-0.39, 0.29) is 23.5 Å². The minimum atomic E-state index is -0.821. The third kappa shape index (κ3) is 2.00. The van der Waals surface area contributed by atoms with Gasteiger partial charge >= 0.3 is 5.97 Å². The molecule has 0 saturated heterocycles. The van der Waals surface area contributed by atoms with E-state index in [0.717, 1.165) is 0 Å². The summed E-state index contributed by atoms with van der Waals surface area (Å²) in [7, 11) is 0. The Labute approximate surface area is 97.2 Å². The van der Waals surface area contributed by atoms with E-state index in [1.54, 1.807) is 0 Å². The van der Waals surface area contributed by atoms with Gasteiger partial charge in [-0.25, -0.2) is 0 Å². The van der Waals surface area contributed by atoms with Crippen LogP contribution in [-0.2, 0) is 9.59 Å². The maximum Gasteiger partial charge on any atom is 0.307 e. The highest BCUT2D eigenvalue weighted by Gasteiger charge is 2.48. The Morgan fingerprint density at radius 2 is 1.19 bits per heavy atom. The highest BCUT2D eigenvalue weighted by atomic mass is 16.4. The Bertz CT molecular complexity index is 268. The van der Waals surface area contributed by atoms with Crippen LogP contribution in [0.3, 0.4) is 0 Å². The number of ketones is 1. The fraction of sp³-hybridized carbons (Fsp3) is 0.846. The van der Waals surface area contributed by atoms with Gasteiger partial charge in [0.1, 0.15) is 5.78 Å². The molecular weight excluding hydrogens is 204 g/mol. The molecule has 0 aliphatic heterocycles. The summed E-state index contributed by atoms with van der Waals surface area (Å²) < 4.78 is 0. The predicted octanol–water partition coefficient (Wildman–Crippen LogP) is 2.45. The Morgan fingerprint density at radius 1 is 0.812 bits per heavy atom. The van der Waals surface area contributed by atoms with Gasteiger partial charge in [0, 0.05) is 5.92 Å². The van der Waals surface area contributed by atoms with Crippen molar-refractivity contribution in [3.05, 3.63) is 0 Å². The molecule has 0 aromatic rings. The van der Waals surface area contributed by atoms with Crippen LogP contribution in [0.5, 0.6) is 0 Å². The molecule has 1 rings (SSSR count). The second-order valence-electron chi connectivity index (χ2n) is 5.44. The smallest absolute Gasteiger partial charge is 0.307 e. The summed E-state index contributed by atoms with van der Waals surface area (Å²) in [5, 5.41) is 9.30. The van der Waals surface area contributed by atoms with E-state index in [1.807, 2.05) is 13.8 Å². The summed E-state index contributed by atoms with van der Waals surface area (Å²) in [4.78, 5) is 23.0. The van der Waals surface area contributed by atoms with E-state index >= 15 is 0 Å². The van der Waals surface area contributed by atoms with Crippen LogP contribution in [0.4, 0.5) is 0 Å². The SMILES string of the molecule is CC(=O)C1C(C)C(C)C(C)C(C)C1C(=O)O. The number of hydrogen-bond donors (Lipinski definition) is 1. The molecule has 16 heavy (non-hydrogen) atoms. The molecule has 6 atom stereocenters. The number of carboxylic acids is 1. The van der Waals surface area contributed by atoms with E-state index in [2.05, 4.69) is 13.8 Å². The van der Waals surface area contributed by atoms with Crippen molar-refractivity contribution < 1.29 is 14.7 Å². The van der Waals surface area contributed by atoms with Crippen LogP contribution in [-0.4, -0.2) is 16.9 Å². The number of aliphatic carboxylic acids is 1. The number of rotatable bonds is 2. The highest BCUT2D eigenvalue weighted by Crippen LogP contribution is 2.45. The zero-order valence-electron chi connectivity index (χ0n) is 10.7. The van der Waals surface area contributed by atoms with Crippen molar-refractivity contribution in [2.45, 2.75) is 34.6 Å². The summed E-state index contributed by atoms with van der Waals surface area (Å²) in [5.41, 5.74) is 0. The van der Waals surface area contributed by atoms with Gasteiger partial charge in [0.15, 0.2) is 0 Å². The molecule has 0 aromatic carbocycles. The lowest BCUT2D eigenvalue weighted by atomic mass is 9.58. The molecule has 3 heteroatoms. The van der Waals surface area contributed by atoms with Gasteiger partial charge in [-0.2, -0.15) is 0 Å². The van der Waals surface area contributed by atoms with Crippen LogP contribution in [0.2, 0.25) is 0 Å². The van der Waals surface area contributed by atoms with E-state index in [9.17, 15) is 14.7 Å². The van der Waals surface area contributed by atoms with Crippen LogP contribution < -0.4 is 0 Å². The molecule has 0 amide bonds. The fourth-order valence-corrected chi connectivity index (χ4v) is 3.27. The summed E-state index contributed by atoms with van der Waals surface area (Å²) in [6.45, 7) is 9.71. The third-order valence-electron chi connectivity index (χ3n) is 4.76. The Morgan fingerprint density at radius 3 is 1.50 bits per heavy atom. The van der Waals surface area contributed by atoms with Gasteiger partial charge in [-0.15, -0.1) is 0 Å². The zero-order chi connectivity index (χ0) is 12.6. The molecule has 0 radical (unpaired) electrons. The molecule has 1 saturated carbocycles. The minimum Gasteiger partial charge on any atom is -0.481 e. The minimum absolute atomic E-state index is 0.0190. The van der Waals surface area contributed by atoms with Crippen molar-refractivity contribution in [1.82, 2.24) is 0 Å². The first-order valence-corrected chi connectivity index (χ1v) is 6.02. The average Bonchev–Trinajstić information content (AvgIpc) is 2.18. The lowest BCUT2D eigenvalue weighted by Gasteiger charge is -2.45. The van der Waals surface area contributed by atoms with Gasteiger partial charge in [-0.1, -0.05) is 27.7 Å². The molecule has 1 aliphatic rings. The number of carboxylic acid groups (broad SMARTS) is 1. The maximum atomic E-state index is 11.7. The molecule has 0 aromatic heterocycles. The zero-order valence-corrected chi connectivity index (χ0v) is 10.7. The third-order valence-corrected chi connectivity index (χ3v) is 4.76. The summed E-state index contributed by atoms with van der Waals surface area (Å²) in [6.07, 6.45) is 0. The summed E-state index contributed by atoms with van der Waals surface area (Å²) >= 11 is 0. The van der Waals surface area contributed by atoms with Gasteiger partial charge in [0.05, 0.1) is 5.92 Å². The molecule has 0 heterocycles. The lowest BCUT2D eigenvalue weighted by molar-refractivity contribution is -0.156. The second kappa shape index (κ2) is 4.56. The second-order valence-corrected chi connectivity index (χ2v) is 5.44. The van der Waals surface area contributed by atoms with Crippen LogP contribution in [0.15, 0.2) is 0 Å². The van der Waals surface area contributed by atoms with Crippen LogP contribution in [0.1, 0.15) is 34.6 Å². The Kier molecular flexibility index (Phi) is 3.76. The molecule has 92 valence electrons. The van der Waals surface area contributed by atoms with Crippen molar-refractivity contribution in [3.63, 3.8) is 0 Å². The van der Waals surface area contributed by atoms with Gasteiger partial charge < -0.3 is 5.11 Å². The predicted molar refractivity (Wildman–Crippen MR) is 62.0 cm³/mol. The average molecular weight is 226 g/mol. The van der Waals surface area contributed by atoms with Gasteiger partial charge in [0.2, 0.25) is 0 Å². The largest absolute Gasteiger partial charge is 0.481 e. The van der Waals surface area contributed by atoms with Gasteiger partial charge in [0.25, 0.3) is 0 Å². The van der Waals surface area contributed by atoms with E-state index in [1.165, 1.54) is 6.92 Å².